The Bertz CT molecular complexity index is 573. The fourth-order valence-corrected chi connectivity index (χ4v) is 2.99. The van der Waals surface area contributed by atoms with Crippen molar-refractivity contribution in [2.75, 3.05) is 0 Å². The molecule has 1 aromatic heterocycles. The van der Waals surface area contributed by atoms with Gasteiger partial charge in [-0.15, -0.1) is 11.6 Å². The van der Waals surface area contributed by atoms with E-state index in [9.17, 15) is 0 Å². The van der Waals surface area contributed by atoms with Gasteiger partial charge < -0.3 is 4.57 Å². The Morgan fingerprint density at radius 2 is 1.95 bits per heavy atom. The van der Waals surface area contributed by atoms with Gasteiger partial charge in [-0.1, -0.05) is 32.4 Å². The molecular weight excluding hydrogens is 279 g/mol. The summed E-state index contributed by atoms with van der Waals surface area (Å²) < 4.78 is 2.29. The van der Waals surface area contributed by atoms with Gasteiger partial charge in [-0.2, -0.15) is 0 Å². The van der Waals surface area contributed by atoms with E-state index in [0.717, 1.165) is 23.3 Å². The molecule has 0 fully saturated rings. The third-order valence-electron chi connectivity index (χ3n) is 3.55. The van der Waals surface area contributed by atoms with E-state index in [1.807, 2.05) is 25.1 Å². The van der Waals surface area contributed by atoms with E-state index in [4.69, 9.17) is 23.2 Å². The molecule has 0 aliphatic heterocycles. The second-order valence-corrected chi connectivity index (χ2v) is 6.40. The molecule has 19 heavy (non-hydrogen) atoms. The summed E-state index contributed by atoms with van der Waals surface area (Å²) >= 11 is 12.4. The van der Waals surface area contributed by atoms with Gasteiger partial charge in [0.1, 0.15) is 5.82 Å². The number of hydrogen-bond donors (Lipinski definition) is 0. The molecular formula is C15H20Cl2N2. The van der Waals surface area contributed by atoms with Crippen LogP contribution in [0.2, 0.25) is 5.02 Å². The van der Waals surface area contributed by atoms with Gasteiger partial charge in [-0.05, 0) is 37.5 Å². The van der Waals surface area contributed by atoms with Crippen LogP contribution in [-0.2, 0) is 0 Å². The normalized spacial score (nSPS) is 15.1. The Morgan fingerprint density at radius 3 is 2.47 bits per heavy atom. The lowest BCUT2D eigenvalue weighted by Crippen LogP contribution is -2.17. The van der Waals surface area contributed by atoms with E-state index in [1.54, 1.807) is 0 Å². The second-order valence-electron chi connectivity index (χ2n) is 5.31. The number of fused-ring (bicyclic) bond motifs is 1. The quantitative estimate of drug-likeness (QED) is 0.672. The molecule has 0 saturated carbocycles. The van der Waals surface area contributed by atoms with Crippen LogP contribution in [0.4, 0.5) is 0 Å². The Kier molecular flexibility index (Phi) is 4.42. The summed E-state index contributed by atoms with van der Waals surface area (Å²) in [6, 6.07) is 6.27. The summed E-state index contributed by atoms with van der Waals surface area (Å²) in [5, 5.41) is 0.600. The highest BCUT2D eigenvalue weighted by atomic mass is 35.5. The van der Waals surface area contributed by atoms with Crippen LogP contribution in [0.1, 0.15) is 51.4 Å². The molecule has 0 radical (unpaired) electrons. The molecule has 4 heteroatoms. The van der Waals surface area contributed by atoms with Crippen molar-refractivity contribution in [2.45, 2.75) is 45.5 Å². The summed E-state index contributed by atoms with van der Waals surface area (Å²) in [5.74, 6) is 1.46. The lowest BCUT2D eigenvalue weighted by molar-refractivity contribution is 0.364. The van der Waals surface area contributed by atoms with Crippen molar-refractivity contribution in [1.29, 1.82) is 0 Å². The van der Waals surface area contributed by atoms with Crippen molar-refractivity contribution in [1.82, 2.24) is 9.55 Å². The van der Waals surface area contributed by atoms with Crippen molar-refractivity contribution in [3.05, 3.63) is 29.0 Å². The molecule has 0 saturated heterocycles. The number of halogens is 2. The Balaban J connectivity index is 2.71. The molecule has 1 aromatic carbocycles. The standard InChI is InChI=1S/C15H20Cl2N2/c1-5-13(9(2)3)19-14-7-6-11(17)8-12(14)18-15(19)10(4)16/h6-10,13H,5H2,1-4H3. The first-order valence-electron chi connectivity index (χ1n) is 6.77. The van der Waals surface area contributed by atoms with Crippen LogP contribution >= 0.6 is 23.2 Å². The first-order valence-corrected chi connectivity index (χ1v) is 7.58. The van der Waals surface area contributed by atoms with Gasteiger partial charge in [0.05, 0.1) is 16.4 Å². The van der Waals surface area contributed by atoms with Crippen molar-refractivity contribution in [2.24, 2.45) is 5.92 Å². The van der Waals surface area contributed by atoms with E-state index in [0.29, 0.717) is 17.0 Å². The topological polar surface area (TPSA) is 17.8 Å². The maximum absolute atomic E-state index is 6.31. The summed E-state index contributed by atoms with van der Waals surface area (Å²) in [6.07, 6.45) is 1.06. The predicted octanol–water partition coefficient (Wildman–Crippen LogP) is 5.60. The van der Waals surface area contributed by atoms with Gasteiger partial charge >= 0.3 is 0 Å². The number of imidazole rings is 1. The molecule has 0 amide bonds. The van der Waals surface area contributed by atoms with Crippen LogP contribution in [0, 0.1) is 5.92 Å². The Morgan fingerprint density at radius 1 is 1.26 bits per heavy atom. The molecule has 2 nitrogen and oxygen atoms in total. The number of alkyl halides is 1. The second kappa shape index (κ2) is 5.72. The van der Waals surface area contributed by atoms with Crippen molar-refractivity contribution in [3.8, 4) is 0 Å². The van der Waals surface area contributed by atoms with E-state index in [1.165, 1.54) is 0 Å². The number of benzene rings is 1. The van der Waals surface area contributed by atoms with Crippen molar-refractivity contribution >= 4 is 34.2 Å². The first kappa shape index (κ1) is 14.7. The predicted molar refractivity (Wildman–Crippen MR) is 83.2 cm³/mol. The molecule has 0 bridgehead atoms. The lowest BCUT2D eigenvalue weighted by atomic mass is 10.0. The zero-order valence-corrected chi connectivity index (χ0v) is 13.3. The minimum Gasteiger partial charge on any atom is -0.323 e. The molecule has 0 spiro atoms. The van der Waals surface area contributed by atoms with Crippen molar-refractivity contribution in [3.63, 3.8) is 0 Å². The van der Waals surface area contributed by atoms with Gasteiger partial charge in [-0.3, -0.25) is 0 Å². The molecule has 2 atom stereocenters. The van der Waals surface area contributed by atoms with Crippen LogP contribution in [-0.4, -0.2) is 9.55 Å². The summed E-state index contributed by atoms with van der Waals surface area (Å²) in [5.41, 5.74) is 2.04. The van der Waals surface area contributed by atoms with Crippen LogP contribution in [0.3, 0.4) is 0 Å². The zero-order valence-electron chi connectivity index (χ0n) is 11.8. The monoisotopic (exact) mass is 298 g/mol. The fraction of sp³-hybridized carbons (Fsp3) is 0.533. The van der Waals surface area contributed by atoms with Crippen LogP contribution in [0.25, 0.3) is 11.0 Å². The Labute approximate surface area is 124 Å². The molecule has 0 aliphatic carbocycles. The third kappa shape index (κ3) is 2.75. The number of nitrogens with zero attached hydrogens (tertiary/aromatic N) is 2. The van der Waals surface area contributed by atoms with E-state index in [-0.39, 0.29) is 5.38 Å². The maximum Gasteiger partial charge on any atom is 0.127 e. The minimum atomic E-state index is -0.112. The Hall–Kier alpha value is -0.730. The first-order chi connectivity index (χ1) is 8.95. The highest BCUT2D eigenvalue weighted by Crippen LogP contribution is 2.33. The SMILES string of the molecule is CCC(C(C)C)n1c(C(C)Cl)nc2cc(Cl)ccc21. The van der Waals surface area contributed by atoms with Gasteiger partial charge in [0.15, 0.2) is 0 Å². The average molecular weight is 299 g/mol. The molecule has 2 unspecified atom stereocenters. The van der Waals surface area contributed by atoms with E-state index >= 15 is 0 Å². The van der Waals surface area contributed by atoms with E-state index in [2.05, 4.69) is 30.3 Å². The highest BCUT2D eigenvalue weighted by molar-refractivity contribution is 6.31. The van der Waals surface area contributed by atoms with Gasteiger partial charge in [0.2, 0.25) is 0 Å². The summed E-state index contributed by atoms with van der Waals surface area (Å²) in [7, 11) is 0. The van der Waals surface area contributed by atoms with Gasteiger partial charge in [0, 0.05) is 11.1 Å². The highest BCUT2D eigenvalue weighted by Gasteiger charge is 2.22. The minimum absolute atomic E-state index is 0.112. The van der Waals surface area contributed by atoms with Crippen LogP contribution in [0.5, 0.6) is 0 Å². The number of hydrogen-bond acceptors (Lipinski definition) is 1. The number of rotatable bonds is 4. The molecule has 2 rings (SSSR count). The third-order valence-corrected chi connectivity index (χ3v) is 3.98. The molecule has 104 valence electrons. The van der Waals surface area contributed by atoms with Crippen molar-refractivity contribution < 1.29 is 0 Å². The number of aromatic nitrogens is 2. The van der Waals surface area contributed by atoms with Gasteiger partial charge in [0.25, 0.3) is 0 Å². The lowest BCUT2D eigenvalue weighted by Gasteiger charge is -2.24. The van der Waals surface area contributed by atoms with E-state index < -0.39 is 0 Å². The molecule has 1 heterocycles. The van der Waals surface area contributed by atoms with Crippen LogP contribution in [0.15, 0.2) is 18.2 Å². The fourth-order valence-electron chi connectivity index (χ4n) is 2.67. The van der Waals surface area contributed by atoms with Gasteiger partial charge in [-0.25, -0.2) is 4.98 Å². The molecule has 0 aliphatic rings. The largest absolute Gasteiger partial charge is 0.323 e. The molecule has 0 N–H and O–H groups in total. The maximum atomic E-state index is 6.31. The smallest absolute Gasteiger partial charge is 0.127 e. The average Bonchev–Trinajstić information content (AvgIpc) is 2.68. The molecule has 2 aromatic rings. The summed E-state index contributed by atoms with van der Waals surface area (Å²) in [6.45, 7) is 8.64. The van der Waals surface area contributed by atoms with Crippen LogP contribution < -0.4 is 0 Å². The summed E-state index contributed by atoms with van der Waals surface area (Å²) in [4.78, 5) is 4.67. The zero-order chi connectivity index (χ0) is 14.2.